The molecule has 6 heteroatoms. The van der Waals surface area contributed by atoms with Crippen molar-refractivity contribution in [1.29, 1.82) is 0 Å². The number of carbonyl (C=O) groups excluding carboxylic acids is 1. The molecule has 1 amide bonds. The molecule has 2 aromatic heterocycles. The van der Waals surface area contributed by atoms with Crippen LogP contribution in [0.1, 0.15) is 37.5 Å². The molecule has 0 aliphatic rings. The molecule has 6 nitrogen and oxygen atoms in total. The van der Waals surface area contributed by atoms with Gasteiger partial charge in [0.2, 0.25) is 17.6 Å². The molecule has 3 aromatic rings. The summed E-state index contributed by atoms with van der Waals surface area (Å²) < 4.78 is 10.7. The monoisotopic (exact) mass is 367 g/mol. The van der Waals surface area contributed by atoms with Crippen LogP contribution >= 0.6 is 0 Å². The lowest BCUT2D eigenvalue weighted by atomic mass is 10.1. The van der Waals surface area contributed by atoms with Gasteiger partial charge >= 0.3 is 0 Å². The van der Waals surface area contributed by atoms with E-state index >= 15 is 0 Å². The highest BCUT2D eigenvalue weighted by Gasteiger charge is 2.18. The van der Waals surface area contributed by atoms with Gasteiger partial charge in [0, 0.05) is 24.9 Å². The Morgan fingerprint density at radius 1 is 1.19 bits per heavy atom. The second-order valence-electron chi connectivity index (χ2n) is 7.07. The Balaban J connectivity index is 1.62. The van der Waals surface area contributed by atoms with Crippen molar-refractivity contribution in [3.8, 4) is 11.4 Å². The number of aryl methyl sites for hydroxylation is 2. The highest BCUT2D eigenvalue weighted by molar-refractivity contribution is 5.76. The summed E-state index contributed by atoms with van der Waals surface area (Å²) in [5.41, 5.74) is 2.03. The van der Waals surface area contributed by atoms with Gasteiger partial charge in [0.05, 0.1) is 12.8 Å². The van der Waals surface area contributed by atoms with Crippen LogP contribution < -0.4 is 0 Å². The molecule has 0 saturated heterocycles. The van der Waals surface area contributed by atoms with Crippen molar-refractivity contribution in [3.05, 3.63) is 59.9 Å². The number of amides is 1. The molecule has 0 N–H and O–H groups in total. The van der Waals surface area contributed by atoms with E-state index in [0.717, 1.165) is 16.9 Å². The lowest BCUT2D eigenvalue weighted by molar-refractivity contribution is -0.132. The second-order valence-corrected chi connectivity index (χ2v) is 7.07. The quantitative estimate of drug-likeness (QED) is 0.595. The van der Waals surface area contributed by atoms with E-state index in [1.54, 1.807) is 6.26 Å². The highest BCUT2D eigenvalue weighted by atomic mass is 16.5. The van der Waals surface area contributed by atoms with Crippen LogP contribution in [-0.4, -0.2) is 27.5 Å². The molecule has 0 aliphatic carbocycles. The fourth-order valence-electron chi connectivity index (χ4n) is 2.95. The number of nitrogens with zero attached hydrogens (tertiary/aromatic N) is 3. The minimum atomic E-state index is 0.0516. The van der Waals surface area contributed by atoms with Gasteiger partial charge in [-0.05, 0) is 30.5 Å². The van der Waals surface area contributed by atoms with E-state index < -0.39 is 0 Å². The fraction of sp³-hybridized carbons (Fsp3) is 0.381. The summed E-state index contributed by atoms with van der Waals surface area (Å²) >= 11 is 0. The van der Waals surface area contributed by atoms with Crippen LogP contribution in [0, 0.1) is 12.8 Å². The molecule has 0 unspecified atom stereocenters. The summed E-state index contributed by atoms with van der Waals surface area (Å²) in [5.74, 6) is 2.24. The first-order valence-corrected chi connectivity index (χ1v) is 9.21. The standard InChI is InChI=1S/C21H25N3O3/c1-15(2)13-24(14-17-8-6-12-26-17)20(25)11-10-19-22-21(23-27-19)18-9-5-4-7-16(18)3/h4-9,12,15H,10-11,13-14H2,1-3H3. The molecule has 3 rings (SSSR count). The molecule has 0 bridgehead atoms. The summed E-state index contributed by atoms with van der Waals surface area (Å²) in [6, 6.07) is 11.6. The third-order valence-corrected chi connectivity index (χ3v) is 4.27. The van der Waals surface area contributed by atoms with Crippen LogP contribution in [0.2, 0.25) is 0 Å². The molecular weight excluding hydrogens is 342 g/mol. The summed E-state index contributed by atoms with van der Waals surface area (Å²) in [4.78, 5) is 19.0. The van der Waals surface area contributed by atoms with Crippen molar-refractivity contribution < 1.29 is 13.7 Å². The van der Waals surface area contributed by atoms with E-state index in [2.05, 4.69) is 24.0 Å². The average molecular weight is 367 g/mol. The minimum Gasteiger partial charge on any atom is -0.467 e. The Morgan fingerprint density at radius 3 is 2.70 bits per heavy atom. The number of furan rings is 1. The average Bonchev–Trinajstić information content (AvgIpc) is 3.31. The van der Waals surface area contributed by atoms with Crippen molar-refractivity contribution in [2.75, 3.05) is 6.54 Å². The largest absolute Gasteiger partial charge is 0.467 e. The van der Waals surface area contributed by atoms with Gasteiger partial charge in [0.1, 0.15) is 5.76 Å². The van der Waals surface area contributed by atoms with Crippen LogP contribution in [0.4, 0.5) is 0 Å². The smallest absolute Gasteiger partial charge is 0.227 e. The van der Waals surface area contributed by atoms with Crippen molar-refractivity contribution in [2.24, 2.45) is 5.92 Å². The highest BCUT2D eigenvalue weighted by Crippen LogP contribution is 2.20. The van der Waals surface area contributed by atoms with E-state index in [9.17, 15) is 4.79 Å². The Hall–Kier alpha value is -2.89. The van der Waals surface area contributed by atoms with Gasteiger partial charge in [0.25, 0.3) is 0 Å². The normalized spacial score (nSPS) is 11.1. The first kappa shape index (κ1) is 18.9. The van der Waals surface area contributed by atoms with Crippen LogP contribution in [0.5, 0.6) is 0 Å². The third kappa shape index (κ3) is 5.06. The van der Waals surface area contributed by atoms with Gasteiger partial charge in [-0.2, -0.15) is 4.98 Å². The van der Waals surface area contributed by atoms with Crippen molar-refractivity contribution in [3.63, 3.8) is 0 Å². The lowest BCUT2D eigenvalue weighted by Gasteiger charge is -2.23. The lowest BCUT2D eigenvalue weighted by Crippen LogP contribution is -2.33. The van der Waals surface area contributed by atoms with E-state index in [1.165, 1.54) is 0 Å². The van der Waals surface area contributed by atoms with Crippen LogP contribution in [-0.2, 0) is 17.8 Å². The maximum absolute atomic E-state index is 12.7. The van der Waals surface area contributed by atoms with Gasteiger partial charge < -0.3 is 13.8 Å². The van der Waals surface area contributed by atoms with Crippen LogP contribution in [0.25, 0.3) is 11.4 Å². The zero-order valence-corrected chi connectivity index (χ0v) is 16.0. The molecule has 0 fully saturated rings. The molecule has 2 heterocycles. The van der Waals surface area contributed by atoms with Gasteiger partial charge in [-0.1, -0.05) is 43.3 Å². The number of rotatable bonds is 8. The number of aromatic nitrogens is 2. The molecule has 0 spiro atoms. The molecule has 142 valence electrons. The van der Waals surface area contributed by atoms with Crippen LogP contribution in [0.3, 0.4) is 0 Å². The Bertz CT molecular complexity index is 868. The van der Waals surface area contributed by atoms with Crippen molar-refractivity contribution >= 4 is 5.91 Å². The van der Waals surface area contributed by atoms with E-state index in [4.69, 9.17) is 8.94 Å². The maximum atomic E-state index is 12.7. The third-order valence-electron chi connectivity index (χ3n) is 4.27. The summed E-state index contributed by atoms with van der Waals surface area (Å²) in [5, 5.41) is 4.05. The summed E-state index contributed by atoms with van der Waals surface area (Å²) in [6.07, 6.45) is 2.37. The van der Waals surface area contributed by atoms with E-state index in [1.807, 2.05) is 48.2 Å². The molecule has 1 aromatic carbocycles. The number of hydrogen-bond acceptors (Lipinski definition) is 5. The fourth-order valence-corrected chi connectivity index (χ4v) is 2.95. The zero-order valence-electron chi connectivity index (χ0n) is 16.0. The topological polar surface area (TPSA) is 72.4 Å². The molecule has 0 saturated carbocycles. The number of benzene rings is 1. The first-order chi connectivity index (χ1) is 13.0. The van der Waals surface area contributed by atoms with Crippen LogP contribution in [0.15, 0.2) is 51.6 Å². The summed E-state index contributed by atoms with van der Waals surface area (Å²) in [7, 11) is 0. The predicted octanol–water partition coefficient (Wildman–Crippen LogP) is 4.26. The Labute approximate surface area is 159 Å². The maximum Gasteiger partial charge on any atom is 0.227 e. The molecule has 0 radical (unpaired) electrons. The Morgan fingerprint density at radius 2 is 2.00 bits per heavy atom. The van der Waals surface area contributed by atoms with Gasteiger partial charge in [0.15, 0.2) is 0 Å². The number of hydrogen-bond donors (Lipinski definition) is 0. The number of carbonyl (C=O) groups is 1. The predicted molar refractivity (Wildman–Crippen MR) is 102 cm³/mol. The minimum absolute atomic E-state index is 0.0516. The molecule has 27 heavy (non-hydrogen) atoms. The van der Waals surface area contributed by atoms with Crippen molar-refractivity contribution in [1.82, 2.24) is 15.0 Å². The van der Waals surface area contributed by atoms with E-state index in [-0.39, 0.29) is 5.91 Å². The second kappa shape index (κ2) is 8.66. The SMILES string of the molecule is Cc1ccccc1-c1noc(CCC(=O)N(Cc2ccco2)CC(C)C)n1. The molecule has 0 aliphatic heterocycles. The van der Waals surface area contributed by atoms with Gasteiger partial charge in [-0.25, -0.2) is 0 Å². The summed E-state index contributed by atoms with van der Waals surface area (Å²) in [6.45, 7) is 7.34. The van der Waals surface area contributed by atoms with E-state index in [0.29, 0.717) is 43.6 Å². The van der Waals surface area contributed by atoms with Gasteiger partial charge in [-0.15, -0.1) is 0 Å². The molecular formula is C21H25N3O3. The van der Waals surface area contributed by atoms with Crippen molar-refractivity contribution in [2.45, 2.75) is 40.2 Å². The zero-order chi connectivity index (χ0) is 19.2. The first-order valence-electron chi connectivity index (χ1n) is 9.21. The van der Waals surface area contributed by atoms with Gasteiger partial charge in [-0.3, -0.25) is 4.79 Å². The Kier molecular flexibility index (Phi) is 6.06. The molecule has 0 atom stereocenters.